The van der Waals surface area contributed by atoms with Crippen molar-refractivity contribution in [3.05, 3.63) is 96.6 Å². The summed E-state index contributed by atoms with van der Waals surface area (Å²) < 4.78 is 58.4. The van der Waals surface area contributed by atoms with Crippen LogP contribution in [-0.2, 0) is 0 Å². The van der Waals surface area contributed by atoms with Gasteiger partial charge in [0.2, 0.25) is 0 Å². The Hall–Kier alpha value is -3.43. The second-order valence-electron chi connectivity index (χ2n) is 7.12. The van der Waals surface area contributed by atoms with Crippen molar-refractivity contribution in [2.75, 3.05) is 5.73 Å². The number of nitrogens with one attached hydrogen (secondary N) is 1. The van der Waals surface area contributed by atoms with Gasteiger partial charge >= 0.3 is 6.18 Å². The fraction of sp³-hybridized carbons (Fsp3) is 0.0833. The van der Waals surface area contributed by atoms with E-state index in [-0.39, 0.29) is 16.9 Å². The number of aromatic nitrogens is 2. The summed E-state index contributed by atoms with van der Waals surface area (Å²) in [6.07, 6.45) is -1.77. The molecule has 4 nitrogen and oxygen atoms in total. The molecule has 3 aromatic carbocycles. The van der Waals surface area contributed by atoms with Crippen LogP contribution in [0.4, 0.5) is 23.4 Å². The van der Waals surface area contributed by atoms with Gasteiger partial charge < -0.3 is 5.73 Å². The van der Waals surface area contributed by atoms with Crippen molar-refractivity contribution < 1.29 is 17.6 Å². The van der Waals surface area contributed by atoms with Crippen LogP contribution in [0, 0.1) is 5.82 Å². The molecule has 1 atom stereocenters. The molecule has 4 rings (SSSR count). The molecule has 1 heterocycles. The largest absolute Gasteiger partial charge is 0.408 e. The third kappa shape index (κ3) is 5.32. The van der Waals surface area contributed by atoms with Crippen LogP contribution in [0.3, 0.4) is 0 Å². The number of alkyl halides is 3. The summed E-state index contributed by atoms with van der Waals surface area (Å²) in [6, 6.07) is 17.2. The molecule has 0 aliphatic heterocycles. The van der Waals surface area contributed by atoms with E-state index < -0.39 is 18.0 Å². The number of benzene rings is 3. The van der Waals surface area contributed by atoms with E-state index in [2.05, 4.69) is 14.7 Å². The standard InChI is InChI=1S/C24H18F4N4S/c25-19-12-16(10-11-18(19)20-13-31-22(29)14-30-20)17-8-4-5-9-21(17)33-32-23(24(26,27)28)15-6-2-1-3-7-15/h1-14,23,32H,(H2,29,31). The van der Waals surface area contributed by atoms with Crippen molar-refractivity contribution >= 4 is 17.8 Å². The first-order valence-corrected chi connectivity index (χ1v) is 10.7. The fourth-order valence-corrected chi connectivity index (χ4v) is 4.21. The van der Waals surface area contributed by atoms with Gasteiger partial charge in [-0.05, 0) is 46.8 Å². The van der Waals surface area contributed by atoms with E-state index in [0.717, 1.165) is 11.9 Å². The second kappa shape index (κ2) is 9.60. The Morgan fingerprint density at radius 2 is 1.58 bits per heavy atom. The van der Waals surface area contributed by atoms with E-state index in [1.165, 1.54) is 30.6 Å². The van der Waals surface area contributed by atoms with Gasteiger partial charge in [0, 0.05) is 10.5 Å². The lowest BCUT2D eigenvalue weighted by atomic mass is 10.0. The highest BCUT2D eigenvalue weighted by Gasteiger charge is 2.40. The molecular weight excluding hydrogens is 452 g/mol. The van der Waals surface area contributed by atoms with Crippen LogP contribution in [0.25, 0.3) is 22.4 Å². The van der Waals surface area contributed by atoms with Gasteiger partial charge in [-0.1, -0.05) is 54.6 Å². The Morgan fingerprint density at radius 1 is 0.848 bits per heavy atom. The lowest BCUT2D eigenvalue weighted by molar-refractivity contribution is -0.152. The van der Waals surface area contributed by atoms with Crippen molar-refractivity contribution in [1.29, 1.82) is 0 Å². The third-order valence-corrected chi connectivity index (χ3v) is 5.79. The van der Waals surface area contributed by atoms with E-state index in [1.807, 2.05) is 0 Å². The maximum Gasteiger partial charge on any atom is 0.408 e. The van der Waals surface area contributed by atoms with Crippen LogP contribution in [-0.4, -0.2) is 16.1 Å². The van der Waals surface area contributed by atoms with Crippen LogP contribution in [0.1, 0.15) is 11.6 Å². The van der Waals surface area contributed by atoms with Gasteiger partial charge in [-0.15, -0.1) is 0 Å². The summed E-state index contributed by atoms with van der Waals surface area (Å²) in [5, 5.41) is 0. The SMILES string of the molecule is Nc1cnc(-c2ccc(-c3ccccc3SNC(c3ccccc3)C(F)(F)F)cc2F)cn1. The minimum absolute atomic E-state index is 0.106. The average Bonchev–Trinajstić information content (AvgIpc) is 2.80. The Kier molecular flexibility index (Phi) is 6.62. The van der Waals surface area contributed by atoms with E-state index >= 15 is 0 Å². The van der Waals surface area contributed by atoms with Gasteiger partial charge in [0.05, 0.1) is 18.1 Å². The first-order chi connectivity index (χ1) is 15.8. The monoisotopic (exact) mass is 470 g/mol. The molecule has 1 aromatic heterocycles. The zero-order valence-corrected chi connectivity index (χ0v) is 17.9. The average molecular weight is 470 g/mol. The molecule has 0 radical (unpaired) electrons. The topological polar surface area (TPSA) is 63.8 Å². The Bertz CT molecular complexity index is 1230. The van der Waals surface area contributed by atoms with Gasteiger partial charge in [-0.3, -0.25) is 4.98 Å². The maximum absolute atomic E-state index is 14.9. The molecule has 0 saturated heterocycles. The van der Waals surface area contributed by atoms with Crippen LogP contribution in [0.15, 0.2) is 90.1 Å². The fourth-order valence-electron chi connectivity index (χ4n) is 3.25. The Morgan fingerprint density at radius 3 is 2.24 bits per heavy atom. The summed E-state index contributed by atoms with van der Waals surface area (Å²) in [5.41, 5.74) is 7.32. The summed E-state index contributed by atoms with van der Waals surface area (Å²) in [5.74, 6) is -0.307. The summed E-state index contributed by atoms with van der Waals surface area (Å²) in [4.78, 5) is 8.53. The first-order valence-electron chi connectivity index (χ1n) is 9.84. The molecule has 168 valence electrons. The van der Waals surface area contributed by atoms with E-state index in [4.69, 9.17) is 5.73 Å². The van der Waals surface area contributed by atoms with Gasteiger partial charge in [0.15, 0.2) is 0 Å². The molecule has 0 aliphatic carbocycles. The molecule has 0 fully saturated rings. The third-order valence-electron chi connectivity index (χ3n) is 4.86. The summed E-state index contributed by atoms with van der Waals surface area (Å²) >= 11 is 0.851. The number of nitrogens with two attached hydrogens (primary N) is 1. The quantitative estimate of drug-likeness (QED) is 0.251. The van der Waals surface area contributed by atoms with Crippen molar-refractivity contribution in [2.45, 2.75) is 17.1 Å². The lowest BCUT2D eigenvalue weighted by Gasteiger charge is -2.22. The molecule has 4 aromatic rings. The zero-order chi connectivity index (χ0) is 23.4. The van der Waals surface area contributed by atoms with Crippen LogP contribution in [0.5, 0.6) is 0 Å². The lowest BCUT2D eigenvalue weighted by Crippen LogP contribution is -2.30. The van der Waals surface area contributed by atoms with Crippen molar-refractivity contribution in [3.63, 3.8) is 0 Å². The number of anilines is 1. The first kappa shape index (κ1) is 22.8. The molecule has 0 amide bonds. The second-order valence-corrected chi connectivity index (χ2v) is 8.00. The predicted octanol–water partition coefficient (Wildman–Crippen LogP) is 6.43. The number of rotatable bonds is 6. The highest BCUT2D eigenvalue weighted by molar-refractivity contribution is 7.97. The number of hydrogen-bond donors (Lipinski definition) is 2. The number of hydrogen-bond acceptors (Lipinski definition) is 5. The minimum Gasteiger partial charge on any atom is -0.382 e. The molecule has 0 spiro atoms. The highest BCUT2D eigenvalue weighted by Crippen LogP contribution is 2.38. The number of halogens is 4. The van der Waals surface area contributed by atoms with Crippen LogP contribution >= 0.6 is 11.9 Å². The Labute approximate surface area is 192 Å². The van der Waals surface area contributed by atoms with E-state index in [9.17, 15) is 17.6 Å². The number of nitrogen functional groups attached to an aromatic ring is 1. The smallest absolute Gasteiger partial charge is 0.382 e. The molecule has 0 aliphatic rings. The van der Waals surface area contributed by atoms with Crippen LogP contribution < -0.4 is 10.5 Å². The molecular formula is C24H18F4N4S. The Balaban J connectivity index is 1.61. The van der Waals surface area contributed by atoms with E-state index in [1.54, 1.807) is 54.6 Å². The number of nitrogens with zero attached hydrogens (tertiary/aromatic N) is 2. The summed E-state index contributed by atoms with van der Waals surface area (Å²) in [7, 11) is 0. The molecule has 3 N–H and O–H groups in total. The van der Waals surface area contributed by atoms with Gasteiger partial charge in [0.1, 0.15) is 17.7 Å². The van der Waals surface area contributed by atoms with Gasteiger partial charge in [-0.2, -0.15) is 13.2 Å². The summed E-state index contributed by atoms with van der Waals surface area (Å²) in [6.45, 7) is 0. The van der Waals surface area contributed by atoms with Crippen LogP contribution in [0.2, 0.25) is 0 Å². The van der Waals surface area contributed by atoms with Gasteiger partial charge in [0.25, 0.3) is 0 Å². The van der Waals surface area contributed by atoms with E-state index in [0.29, 0.717) is 21.7 Å². The zero-order valence-electron chi connectivity index (χ0n) is 17.1. The molecule has 9 heteroatoms. The maximum atomic E-state index is 14.9. The molecule has 0 saturated carbocycles. The molecule has 0 bridgehead atoms. The normalized spacial score (nSPS) is 12.5. The minimum atomic E-state index is -4.49. The molecule has 1 unspecified atom stereocenters. The predicted molar refractivity (Wildman–Crippen MR) is 122 cm³/mol. The highest BCUT2D eigenvalue weighted by atomic mass is 32.2. The van der Waals surface area contributed by atoms with Gasteiger partial charge in [-0.25, -0.2) is 14.1 Å². The molecule has 33 heavy (non-hydrogen) atoms. The van der Waals surface area contributed by atoms with Crippen molar-refractivity contribution in [2.24, 2.45) is 0 Å². The van der Waals surface area contributed by atoms with Crippen molar-refractivity contribution in [1.82, 2.24) is 14.7 Å². The van der Waals surface area contributed by atoms with Crippen molar-refractivity contribution in [3.8, 4) is 22.4 Å².